The minimum Gasteiger partial charge on any atom is -0.481 e. The average Bonchev–Trinajstić information content (AvgIpc) is 2.57. The van der Waals surface area contributed by atoms with Gasteiger partial charge in [-0.15, -0.1) is 0 Å². The van der Waals surface area contributed by atoms with Crippen LogP contribution < -0.4 is 10.1 Å². The van der Waals surface area contributed by atoms with Crippen molar-refractivity contribution >= 4 is 28.9 Å². The van der Waals surface area contributed by atoms with Crippen molar-refractivity contribution in [2.45, 2.75) is 33.3 Å². The summed E-state index contributed by atoms with van der Waals surface area (Å²) in [5.74, 6) is 0.179. The van der Waals surface area contributed by atoms with Gasteiger partial charge in [-0.25, -0.2) is 0 Å². The number of nitrogens with one attached hydrogen (secondary N) is 1. The Hall–Kier alpha value is -2.60. The highest BCUT2D eigenvalue weighted by molar-refractivity contribution is 6.33. The summed E-state index contributed by atoms with van der Waals surface area (Å²) in [4.78, 5) is 22.8. The molecule has 0 bridgehead atoms. The Kier molecular flexibility index (Phi) is 5.98. The zero-order chi connectivity index (χ0) is 18.6. The van der Waals surface area contributed by atoms with Crippen LogP contribution in [0.3, 0.4) is 0 Å². The molecule has 1 amide bonds. The number of carbonyl (C=O) groups is 1. The van der Waals surface area contributed by atoms with Crippen molar-refractivity contribution in [2.75, 3.05) is 5.32 Å². The monoisotopic (exact) mass is 362 g/mol. The minimum absolute atomic E-state index is 0.150. The van der Waals surface area contributed by atoms with Crippen LogP contribution in [0.2, 0.25) is 5.02 Å². The summed E-state index contributed by atoms with van der Waals surface area (Å²) in [6.07, 6.45) is -0.303. The highest BCUT2D eigenvalue weighted by Gasteiger charge is 2.21. The van der Waals surface area contributed by atoms with Gasteiger partial charge in [0.05, 0.1) is 15.6 Å². The van der Waals surface area contributed by atoms with Gasteiger partial charge in [-0.05, 0) is 49.6 Å². The smallest absolute Gasteiger partial charge is 0.271 e. The summed E-state index contributed by atoms with van der Waals surface area (Å²) in [5.41, 5.74) is 2.23. The molecule has 0 aliphatic carbocycles. The van der Waals surface area contributed by atoms with Crippen LogP contribution in [0.5, 0.6) is 5.75 Å². The first-order chi connectivity index (χ1) is 11.8. The Balaban J connectivity index is 2.16. The normalized spacial score (nSPS) is 11.7. The number of non-ortho nitro benzene ring substituents is 1. The Bertz CT molecular complexity index is 808. The molecule has 0 heterocycles. The van der Waals surface area contributed by atoms with Crippen LogP contribution in [0.4, 0.5) is 11.4 Å². The average molecular weight is 363 g/mol. The number of halogens is 1. The number of hydrogen-bond donors (Lipinski definition) is 1. The lowest BCUT2D eigenvalue weighted by atomic mass is 10.1. The first-order valence-electron chi connectivity index (χ1n) is 7.80. The van der Waals surface area contributed by atoms with Crippen LogP contribution in [-0.4, -0.2) is 16.9 Å². The molecular formula is C18H19ClN2O4. The molecule has 0 radical (unpaired) electrons. The third-order valence-electron chi connectivity index (χ3n) is 3.84. The van der Waals surface area contributed by atoms with E-state index < -0.39 is 16.9 Å². The summed E-state index contributed by atoms with van der Waals surface area (Å²) in [5, 5.41) is 13.7. The van der Waals surface area contributed by atoms with E-state index in [-0.39, 0.29) is 16.4 Å². The van der Waals surface area contributed by atoms with E-state index >= 15 is 0 Å². The molecular weight excluding hydrogens is 344 g/mol. The molecule has 0 saturated carbocycles. The maximum absolute atomic E-state index is 12.5. The zero-order valence-corrected chi connectivity index (χ0v) is 15.0. The molecule has 1 unspecified atom stereocenters. The number of nitrogens with zero attached hydrogens (tertiary/aromatic N) is 1. The topological polar surface area (TPSA) is 81.5 Å². The maximum atomic E-state index is 12.5. The Morgan fingerprint density at radius 3 is 2.56 bits per heavy atom. The first-order valence-corrected chi connectivity index (χ1v) is 8.18. The number of ether oxygens (including phenoxy) is 1. The Morgan fingerprint density at radius 2 is 1.96 bits per heavy atom. The maximum Gasteiger partial charge on any atom is 0.271 e. The molecule has 2 aromatic carbocycles. The van der Waals surface area contributed by atoms with Crippen LogP contribution in [0.1, 0.15) is 24.5 Å². The van der Waals surface area contributed by atoms with Gasteiger partial charge < -0.3 is 10.1 Å². The predicted octanol–water partition coefficient (Wildman–Crippen LogP) is 4.66. The van der Waals surface area contributed by atoms with Crippen molar-refractivity contribution in [3.8, 4) is 5.75 Å². The molecule has 0 spiro atoms. The van der Waals surface area contributed by atoms with Crippen molar-refractivity contribution in [1.29, 1.82) is 0 Å². The number of nitro groups is 1. The molecule has 25 heavy (non-hydrogen) atoms. The lowest BCUT2D eigenvalue weighted by Gasteiger charge is -2.18. The molecule has 0 aliphatic heterocycles. The lowest BCUT2D eigenvalue weighted by Crippen LogP contribution is -2.32. The fourth-order valence-corrected chi connectivity index (χ4v) is 2.37. The van der Waals surface area contributed by atoms with E-state index in [1.165, 1.54) is 18.2 Å². The molecule has 0 aromatic heterocycles. The number of amides is 1. The highest BCUT2D eigenvalue weighted by Crippen LogP contribution is 2.27. The quantitative estimate of drug-likeness (QED) is 0.598. The lowest BCUT2D eigenvalue weighted by molar-refractivity contribution is -0.384. The molecule has 1 N–H and O–H groups in total. The predicted molar refractivity (Wildman–Crippen MR) is 97.4 cm³/mol. The summed E-state index contributed by atoms with van der Waals surface area (Å²) < 4.78 is 5.76. The standard InChI is InChI=1S/C18H19ClN2O4/c1-4-17(25-14-7-5-11(2)12(3)9-14)18(22)20-16-10-13(21(23)24)6-8-15(16)19/h5-10,17H,4H2,1-3H3,(H,20,22). The van der Waals surface area contributed by atoms with Crippen molar-refractivity contribution in [3.05, 3.63) is 62.7 Å². The van der Waals surface area contributed by atoms with Crippen LogP contribution in [0.25, 0.3) is 0 Å². The van der Waals surface area contributed by atoms with E-state index in [9.17, 15) is 14.9 Å². The number of hydrogen-bond acceptors (Lipinski definition) is 4. The van der Waals surface area contributed by atoms with Gasteiger partial charge in [0, 0.05) is 12.1 Å². The van der Waals surface area contributed by atoms with Gasteiger partial charge in [-0.2, -0.15) is 0 Å². The number of benzene rings is 2. The van der Waals surface area contributed by atoms with Gasteiger partial charge in [0.2, 0.25) is 0 Å². The first kappa shape index (κ1) is 18.7. The van der Waals surface area contributed by atoms with Crippen molar-refractivity contribution in [1.82, 2.24) is 0 Å². The largest absolute Gasteiger partial charge is 0.481 e. The zero-order valence-electron chi connectivity index (χ0n) is 14.2. The highest BCUT2D eigenvalue weighted by atomic mass is 35.5. The van der Waals surface area contributed by atoms with Crippen molar-refractivity contribution < 1.29 is 14.5 Å². The summed E-state index contributed by atoms with van der Waals surface area (Å²) in [6, 6.07) is 9.47. The number of anilines is 1. The Labute approximate surface area is 150 Å². The van der Waals surface area contributed by atoms with Gasteiger partial charge in [0.15, 0.2) is 6.10 Å². The van der Waals surface area contributed by atoms with Crippen LogP contribution >= 0.6 is 11.6 Å². The number of carbonyl (C=O) groups excluding carboxylic acids is 1. The Morgan fingerprint density at radius 1 is 1.24 bits per heavy atom. The molecule has 0 aliphatic rings. The molecule has 1 atom stereocenters. The number of aryl methyl sites for hydroxylation is 2. The summed E-state index contributed by atoms with van der Waals surface area (Å²) in [6.45, 7) is 5.78. The van der Waals surface area contributed by atoms with E-state index in [1.807, 2.05) is 32.9 Å². The fourth-order valence-electron chi connectivity index (χ4n) is 2.21. The number of rotatable bonds is 6. The third kappa shape index (κ3) is 4.70. The molecule has 6 nitrogen and oxygen atoms in total. The molecule has 0 saturated heterocycles. The molecule has 132 valence electrons. The third-order valence-corrected chi connectivity index (χ3v) is 4.17. The van der Waals surface area contributed by atoms with Crippen LogP contribution in [-0.2, 0) is 4.79 Å². The van der Waals surface area contributed by atoms with E-state index in [1.54, 1.807) is 6.07 Å². The van der Waals surface area contributed by atoms with Gasteiger partial charge in [-0.1, -0.05) is 24.6 Å². The second-order valence-electron chi connectivity index (χ2n) is 5.67. The number of nitro benzene ring substituents is 1. The van der Waals surface area contributed by atoms with Gasteiger partial charge in [0.25, 0.3) is 11.6 Å². The van der Waals surface area contributed by atoms with E-state index in [2.05, 4.69) is 5.32 Å². The second kappa shape index (κ2) is 7.98. The van der Waals surface area contributed by atoms with E-state index in [4.69, 9.17) is 16.3 Å². The van der Waals surface area contributed by atoms with Gasteiger partial charge >= 0.3 is 0 Å². The SMILES string of the molecule is CCC(Oc1ccc(C)c(C)c1)C(=O)Nc1cc([N+](=O)[O-])ccc1Cl. The van der Waals surface area contributed by atoms with E-state index in [0.717, 1.165) is 11.1 Å². The molecule has 7 heteroatoms. The van der Waals surface area contributed by atoms with Crippen molar-refractivity contribution in [2.24, 2.45) is 0 Å². The molecule has 2 aromatic rings. The molecule has 0 fully saturated rings. The van der Waals surface area contributed by atoms with Crippen LogP contribution in [0, 0.1) is 24.0 Å². The second-order valence-corrected chi connectivity index (χ2v) is 6.08. The summed E-state index contributed by atoms with van der Waals surface area (Å²) in [7, 11) is 0. The van der Waals surface area contributed by atoms with Gasteiger partial charge in [-0.3, -0.25) is 14.9 Å². The molecule has 2 rings (SSSR count). The van der Waals surface area contributed by atoms with Crippen LogP contribution in [0.15, 0.2) is 36.4 Å². The fraction of sp³-hybridized carbons (Fsp3) is 0.278. The van der Waals surface area contributed by atoms with E-state index in [0.29, 0.717) is 12.2 Å². The van der Waals surface area contributed by atoms with Crippen molar-refractivity contribution in [3.63, 3.8) is 0 Å². The van der Waals surface area contributed by atoms with Gasteiger partial charge in [0.1, 0.15) is 5.75 Å². The minimum atomic E-state index is -0.738. The summed E-state index contributed by atoms with van der Waals surface area (Å²) >= 11 is 6.01.